The number of carbonyl (C=O) groups is 1. The Morgan fingerprint density at radius 1 is 1.47 bits per heavy atom. The summed E-state index contributed by atoms with van der Waals surface area (Å²) in [6, 6.07) is 0. The second-order valence-electron chi connectivity index (χ2n) is 4.81. The highest BCUT2D eigenvalue weighted by Crippen LogP contribution is 2.19. The molecular formula is C13H23NO. The lowest BCUT2D eigenvalue weighted by Gasteiger charge is -2.13. The molecule has 1 N–H and O–H groups in total. The number of allylic oxidation sites excluding steroid dienone is 1. The van der Waals surface area contributed by atoms with Crippen LogP contribution in [0.4, 0.5) is 0 Å². The van der Waals surface area contributed by atoms with Crippen LogP contribution < -0.4 is 5.32 Å². The van der Waals surface area contributed by atoms with Gasteiger partial charge in [-0.1, -0.05) is 25.5 Å². The van der Waals surface area contributed by atoms with E-state index in [4.69, 9.17) is 0 Å². The van der Waals surface area contributed by atoms with E-state index in [9.17, 15) is 4.79 Å². The van der Waals surface area contributed by atoms with Crippen LogP contribution in [0, 0.1) is 5.92 Å². The minimum Gasteiger partial charge on any atom is -0.356 e. The molecule has 15 heavy (non-hydrogen) atoms. The van der Waals surface area contributed by atoms with Gasteiger partial charge >= 0.3 is 0 Å². The van der Waals surface area contributed by atoms with Crippen LogP contribution in [0.5, 0.6) is 0 Å². The molecule has 1 amide bonds. The highest BCUT2D eigenvalue weighted by molar-refractivity contribution is 5.76. The number of nitrogens with one attached hydrogen (secondary N) is 1. The van der Waals surface area contributed by atoms with Crippen molar-refractivity contribution in [1.29, 1.82) is 0 Å². The fraction of sp³-hybridized carbons (Fsp3) is 0.769. The maximum Gasteiger partial charge on any atom is 0.220 e. The Morgan fingerprint density at radius 2 is 2.27 bits per heavy atom. The van der Waals surface area contributed by atoms with E-state index in [1.165, 1.54) is 31.3 Å². The lowest BCUT2D eigenvalue weighted by molar-refractivity contribution is -0.121. The van der Waals surface area contributed by atoms with E-state index in [1.807, 2.05) is 0 Å². The molecule has 86 valence electrons. The van der Waals surface area contributed by atoms with Crippen LogP contribution in [-0.2, 0) is 4.79 Å². The van der Waals surface area contributed by atoms with E-state index in [0.717, 1.165) is 13.0 Å². The first kappa shape index (κ1) is 12.3. The summed E-state index contributed by atoms with van der Waals surface area (Å²) in [6.07, 6.45) is 9.17. The number of hydrogen-bond acceptors (Lipinski definition) is 1. The maximum absolute atomic E-state index is 11.4. The monoisotopic (exact) mass is 209 g/mol. The smallest absolute Gasteiger partial charge is 0.220 e. The summed E-state index contributed by atoms with van der Waals surface area (Å²) in [4.78, 5) is 11.4. The summed E-state index contributed by atoms with van der Waals surface area (Å²) in [5.74, 6) is 0.653. The van der Waals surface area contributed by atoms with Crippen molar-refractivity contribution in [3.8, 4) is 0 Å². The Balaban J connectivity index is 2.10. The molecule has 0 aromatic carbocycles. The molecule has 0 heterocycles. The predicted octanol–water partition coefficient (Wildman–Crippen LogP) is 3.04. The van der Waals surface area contributed by atoms with Crippen LogP contribution in [0.3, 0.4) is 0 Å². The molecule has 0 aromatic heterocycles. The van der Waals surface area contributed by atoms with Crippen molar-refractivity contribution in [2.45, 2.75) is 52.4 Å². The van der Waals surface area contributed by atoms with E-state index < -0.39 is 0 Å². The van der Waals surface area contributed by atoms with E-state index in [2.05, 4.69) is 25.2 Å². The number of hydrogen-bond donors (Lipinski definition) is 1. The van der Waals surface area contributed by atoms with Gasteiger partial charge in [-0.25, -0.2) is 0 Å². The van der Waals surface area contributed by atoms with Crippen molar-refractivity contribution in [2.75, 3.05) is 6.54 Å². The van der Waals surface area contributed by atoms with Gasteiger partial charge in [0.25, 0.3) is 0 Å². The third-order valence-electron chi connectivity index (χ3n) is 2.75. The summed E-state index contributed by atoms with van der Waals surface area (Å²) in [7, 11) is 0. The molecule has 0 saturated carbocycles. The van der Waals surface area contributed by atoms with Crippen molar-refractivity contribution in [2.24, 2.45) is 5.92 Å². The molecule has 1 aliphatic carbocycles. The summed E-state index contributed by atoms with van der Waals surface area (Å²) in [6.45, 7) is 4.96. The zero-order chi connectivity index (χ0) is 11.1. The molecule has 0 aromatic rings. The van der Waals surface area contributed by atoms with Crippen LogP contribution in [-0.4, -0.2) is 12.5 Å². The van der Waals surface area contributed by atoms with Crippen LogP contribution in [0.1, 0.15) is 52.4 Å². The van der Waals surface area contributed by atoms with Gasteiger partial charge in [0.2, 0.25) is 5.91 Å². The molecule has 2 nitrogen and oxygen atoms in total. The first-order chi connectivity index (χ1) is 7.18. The second-order valence-corrected chi connectivity index (χ2v) is 4.81. The first-order valence-corrected chi connectivity index (χ1v) is 6.13. The summed E-state index contributed by atoms with van der Waals surface area (Å²) >= 11 is 0. The highest BCUT2D eigenvalue weighted by Gasteiger charge is 2.06. The van der Waals surface area contributed by atoms with Crippen LogP contribution in [0.15, 0.2) is 11.6 Å². The topological polar surface area (TPSA) is 29.1 Å². The Kier molecular flexibility index (Phi) is 5.44. The van der Waals surface area contributed by atoms with Crippen molar-refractivity contribution < 1.29 is 4.79 Å². The fourth-order valence-corrected chi connectivity index (χ4v) is 1.94. The van der Waals surface area contributed by atoms with Crippen LogP contribution in [0.25, 0.3) is 0 Å². The molecule has 0 fully saturated rings. The summed E-state index contributed by atoms with van der Waals surface area (Å²) in [5.41, 5.74) is 1.53. The average molecular weight is 209 g/mol. The molecule has 1 rings (SSSR count). The SMILES string of the molecule is CC(C)CC(=O)NCCC1=CCCCC1. The largest absolute Gasteiger partial charge is 0.356 e. The fourth-order valence-electron chi connectivity index (χ4n) is 1.94. The van der Waals surface area contributed by atoms with Crippen molar-refractivity contribution in [1.82, 2.24) is 5.32 Å². The van der Waals surface area contributed by atoms with Crippen molar-refractivity contribution in [3.63, 3.8) is 0 Å². The molecule has 0 saturated heterocycles. The lowest BCUT2D eigenvalue weighted by atomic mass is 9.97. The van der Waals surface area contributed by atoms with Gasteiger partial charge < -0.3 is 5.32 Å². The number of amides is 1. The summed E-state index contributed by atoms with van der Waals surface area (Å²) < 4.78 is 0. The molecule has 0 radical (unpaired) electrons. The molecule has 0 atom stereocenters. The molecule has 0 unspecified atom stereocenters. The minimum absolute atomic E-state index is 0.196. The molecule has 2 heteroatoms. The minimum atomic E-state index is 0.196. The standard InChI is InChI=1S/C13H23NO/c1-11(2)10-13(15)14-9-8-12-6-4-3-5-7-12/h6,11H,3-5,7-10H2,1-2H3,(H,14,15). The van der Waals surface area contributed by atoms with Crippen LogP contribution in [0.2, 0.25) is 0 Å². The normalized spacial score (nSPS) is 16.3. The van der Waals surface area contributed by atoms with Gasteiger partial charge in [-0.15, -0.1) is 0 Å². The van der Waals surface area contributed by atoms with E-state index in [0.29, 0.717) is 12.3 Å². The van der Waals surface area contributed by atoms with Gasteiger partial charge in [-0.3, -0.25) is 4.79 Å². The first-order valence-electron chi connectivity index (χ1n) is 6.13. The Bertz CT molecular complexity index is 231. The summed E-state index contributed by atoms with van der Waals surface area (Å²) in [5, 5.41) is 2.98. The highest BCUT2D eigenvalue weighted by atomic mass is 16.1. The maximum atomic E-state index is 11.4. The number of carbonyl (C=O) groups excluding carboxylic acids is 1. The molecule has 1 aliphatic rings. The van der Waals surface area contributed by atoms with E-state index in [1.54, 1.807) is 0 Å². The molecule has 0 spiro atoms. The van der Waals surface area contributed by atoms with Gasteiger partial charge in [-0.2, -0.15) is 0 Å². The van der Waals surface area contributed by atoms with E-state index in [-0.39, 0.29) is 5.91 Å². The molecular weight excluding hydrogens is 186 g/mol. The Hall–Kier alpha value is -0.790. The average Bonchev–Trinajstić information content (AvgIpc) is 2.18. The second kappa shape index (κ2) is 6.65. The third-order valence-corrected chi connectivity index (χ3v) is 2.75. The lowest BCUT2D eigenvalue weighted by Crippen LogP contribution is -2.25. The zero-order valence-electron chi connectivity index (χ0n) is 10.0. The van der Waals surface area contributed by atoms with Gasteiger partial charge in [-0.05, 0) is 38.0 Å². The Morgan fingerprint density at radius 3 is 2.87 bits per heavy atom. The zero-order valence-corrected chi connectivity index (χ0v) is 10.0. The van der Waals surface area contributed by atoms with Gasteiger partial charge in [0.15, 0.2) is 0 Å². The van der Waals surface area contributed by atoms with Crippen molar-refractivity contribution >= 4 is 5.91 Å². The van der Waals surface area contributed by atoms with Gasteiger partial charge in [0.1, 0.15) is 0 Å². The quantitative estimate of drug-likeness (QED) is 0.693. The van der Waals surface area contributed by atoms with Crippen molar-refractivity contribution in [3.05, 3.63) is 11.6 Å². The van der Waals surface area contributed by atoms with E-state index >= 15 is 0 Å². The van der Waals surface area contributed by atoms with Gasteiger partial charge in [0.05, 0.1) is 0 Å². The molecule has 0 aliphatic heterocycles. The molecule has 0 bridgehead atoms. The Labute approximate surface area is 93.1 Å². The predicted molar refractivity (Wildman–Crippen MR) is 63.6 cm³/mol. The van der Waals surface area contributed by atoms with Gasteiger partial charge in [0, 0.05) is 13.0 Å². The van der Waals surface area contributed by atoms with Crippen LogP contribution >= 0.6 is 0 Å². The third kappa shape index (κ3) is 5.60. The number of rotatable bonds is 5.